The summed E-state index contributed by atoms with van der Waals surface area (Å²) < 4.78 is 0. The Balaban J connectivity index is 1.62. The monoisotopic (exact) mass is 334 g/mol. The number of thiazole rings is 1. The zero-order chi connectivity index (χ0) is 15.5. The summed E-state index contributed by atoms with van der Waals surface area (Å²) in [5.41, 5.74) is 1.83. The normalized spacial score (nSPS) is 14.5. The molecule has 0 aromatic carbocycles. The van der Waals surface area contributed by atoms with E-state index >= 15 is 0 Å². The maximum absolute atomic E-state index is 12.0. The topological polar surface area (TPSA) is 59.0 Å². The van der Waals surface area contributed by atoms with E-state index in [9.17, 15) is 4.79 Å². The van der Waals surface area contributed by atoms with Crippen LogP contribution in [0, 0.1) is 13.8 Å². The number of likely N-dealkylation sites (tertiary alicyclic amines) is 1. The van der Waals surface area contributed by atoms with Crippen molar-refractivity contribution in [3.05, 3.63) is 22.8 Å². The molecule has 1 fully saturated rings. The Labute approximate surface area is 138 Å². The lowest BCUT2D eigenvalue weighted by molar-refractivity contribution is -0.127. The van der Waals surface area contributed by atoms with Crippen molar-refractivity contribution < 1.29 is 4.79 Å². The molecule has 116 valence electrons. The molecule has 2 aromatic heterocycles. The van der Waals surface area contributed by atoms with E-state index in [1.807, 2.05) is 30.9 Å². The zero-order valence-corrected chi connectivity index (χ0v) is 14.3. The van der Waals surface area contributed by atoms with Crippen molar-refractivity contribution in [3.63, 3.8) is 0 Å². The summed E-state index contributed by atoms with van der Waals surface area (Å²) in [6.45, 7) is 5.77. The SMILES string of the molecule is Cc1nc(C)c(-c2ccc(SCC(=O)N3CCCC3)nn2)s1. The highest BCUT2D eigenvalue weighted by Gasteiger charge is 2.18. The first kappa shape index (κ1) is 15.4. The van der Waals surface area contributed by atoms with Crippen LogP contribution in [0.25, 0.3) is 10.6 Å². The summed E-state index contributed by atoms with van der Waals surface area (Å²) in [4.78, 5) is 19.4. The molecule has 1 saturated heterocycles. The largest absolute Gasteiger partial charge is 0.342 e. The Morgan fingerprint density at radius 3 is 2.64 bits per heavy atom. The van der Waals surface area contributed by atoms with Crippen LogP contribution >= 0.6 is 23.1 Å². The minimum absolute atomic E-state index is 0.197. The van der Waals surface area contributed by atoms with E-state index < -0.39 is 0 Å². The van der Waals surface area contributed by atoms with Crippen LogP contribution in [0.3, 0.4) is 0 Å². The first-order chi connectivity index (χ1) is 10.6. The van der Waals surface area contributed by atoms with Gasteiger partial charge in [0.05, 0.1) is 21.3 Å². The number of nitrogens with zero attached hydrogens (tertiary/aromatic N) is 4. The fraction of sp³-hybridized carbons (Fsp3) is 0.467. The molecule has 0 radical (unpaired) electrons. The zero-order valence-electron chi connectivity index (χ0n) is 12.7. The van der Waals surface area contributed by atoms with E-state index in [-0.39, 0.29) is 5.91 Å². The molecule has 0 saturated carbocycles. The molecule has 1 amide bonds. The van der Waals surface area contributed by atoms with Gasteiger partial charge in [0, 0.05) is 13.1 Å². The molecule has 2 aromatic rings. The van der Waals surface area contributed by atoms with Crippen LogP contribution in [0.15, 0.2) is 17.2 Å². The van der Waals surface area contributed by atoms with E-state index in [0.29, 0.717) is 5.75 Å². The number of hydrogen-bond acceptors (Lipinski definition) is 6. The highest BCUT2D eigenvalue weighted by molar-refractivity contribution is 7.99. The number of amides is 1. The lowest BCUT2D eigenvalue weighted by atomic mass is 10.3. The molecule has 0 spiro atoms. The fourth-order valence-electron chi connectivity index (χ4n) is 2.48. The molecule has 0 atom stereocenters. The van der Waals surface area contributed by atoms with Crippen molar-refractivity contribution in [2.45, 2.75) is 31.7 Å². The quantitative estimate of drug-likeness (QED) is 0.805. The van der Waals surface area contributed by atoms with Crippen molar-refractivity contribution in [2.24, 2.45) is 0 Å². The van der Waals surface area contributed by atoms with Crippen LogP contribution in [-0.2, 0) is 4.79 Å². The Bertz CT molecular complexity index is 663. The fourth-order valence-corrected chi connectivity index (χ4v) is 4.08. The van der Waals surface area contributed by atoms with Gasteiger partial charge in [0.25, 0.3) is 0 Å². The van der Waals surface area contributed by atoms with Crippen LogP contribution < -0.4 is 0 Å². The predicted octanol–water partition coefficient (Wildman–Crippen LogP) is 2.93. The molecular formula is C15H18N4OS2. The van der Waals surface area contributed by atoms with E-state index in [2.05, 4.69) is 15.2 Å². The van der Waals surface area contributed by atoms with Gasteiger partial charge in [-0.3, -0.25) is 4.79 Å². The molecule has 5 nitrogen and oxygen atoms in total. The number of aromatic nitrogens is 3. The van der Waals surface area contributed by atoms with E-state index in [4.69, 9.17) is 0 Å². The van der Waals surface area contributed by atoms with Gasteiger partial charge >= 0.3 is 0 Å². The van der Waals surface area contributed by atoms with Gasteiger partial charge in [0.2, 0.25) is 5.91 Å². The summed E-state index contributed by atoms with van der Waals surface area (Å²) in [5.74, 6) is 0.634. The standard InChI is InChI=1S/C15H18N4OS2/c1-10-15(22-11(2)16-10)12-5-6-13(18-17-12)21-9-14(20)19-7-3-4-8-19/h5-6H,3-4,7-9H2,1-2H3. The van der Waals surface area contributed by atoms with Gasteiger partial charge in [-0.15, -0.1) is 21.5 Å². The van der Waals surface area contributed by atoms with E-state index in [1.54, 1.807) is 11.3 Å². The smallest absolute Gasteiger partial charge is 0.232 e. The van der Waals surface area contributed by atoms with Gasteiger partial charge in [-0.25, -0.2) is 4.98 Å². The van der Waals surface area contributed by atoms with Crippen molar-refractivity contribution in [2.75, 3.05) is 18.8 Å². The molecule has 0 unspecified atom stereocenters. The van der Waals surface area contributed by atoms with Crippen molar-refractivity contribution in [1.29, 1.82) is 0 Å². The highest BCUT2D eigenvalue weighted by Crippen LogP contribution is 2.28. The molecule has 7 heteroatoms. The maximum atomic E-state index is 12.0. The highest BCUT2D eigenvalue weighted by atomic mass is 32.2. The number of carbonyl (C=O) groups excluding carboxylic acids is 1. The number of carbonyl (C=O) groups is 1. The summed E-state index contributed by atoms with van der Waals surface area (Å²) >= 11 is 3.08. The average molecular weight is 334 g/mol. The Hall–Kier alpha value is -1.47. The molecule has 0 aliphatic carbocycles. The van der Waals surface area contributed by atoms with E-state index in [0.717, 1.165) is 52.2 Å². The third kappa shape index (κ3) is 3.47. The maximum Gasteiger partial charge on any atom is 0.232 e. The summed E-state index contributed by atoms with van der Waals surface area (Å²) in [5, 5.41) is 10.3. The van der Waals surface area contributed by atoms with Crippen LogP contribution in [0.1, 0.15) is 23.5 Å². The summed E-state index contributed by atoms with van der Waals surface area (Å²) in [7, 11) is 0. The molecule has 22 heavy (non-hydrogen) atoms. The van der Waals surface area contributed by atoms with Gasteiger partial charge in [0.1, 0.15) is 10.7 Å². The van der Waals surface area contributed by atoms with Crippen LogP contribution in [0.2, 0.25) is 0 Å². The van der Waals surface area contributed by atoms with Gasteiger partial charge in [-0.05, 0) is 38.8 Å². The second-order valence-corrected chi connectivity index (χ2v) is 7.48. The Kier molecular flexibility index (Phi) is 4.73. The first-order valence-corrected chi connectivity index (χ1v) is 9.12. The second kappa shape index (κ2) is 6.75. The minimum atomic E-state index is 0.197. The molecule has 3 heterocycles. The number of aryl methyl sites for hydroxylation is 2. The van der Waals surface area contributed by atoms with Crippen LogP contribution in [-0.4, -0.2) is 44.8 Å². The van der Waals surface area contributed by atoms with Gasteiger partial charge < -0.3 is 4.90 Å². The average Bonchev–Trinajstić information content (AvgIpc) is 3.15. The number of rotatable bonds is 4. The summed E-state index contributed by atoms with van der Waals surface area (Å²) in [6.07, 6.45) is 2.25. The lowest BCUT2D eigenvalue weighted by Gasteiger charge is -2.14. The molecule has 0 bridgehead atoms. The predicted molar refractivity (Wildman–Crippen MR) is 89.2 cm³/mol. The van der Waals surface area contributed by atoms with Crippen molar-refractivity contribution in [3.8, 4) is 10.6 Å². The molecule has 1 aliphatic heterocycles. The summed E-state index contributed by atoms with van der Waals surface area (Å²) in [6, 6.07) is 3.88. The number of thioether (sulfide) groups is 1. The van der Waals surface area contributed by atoms with E-state index in [1.165, 1.54) is 11.8 Å². The second-order valence-electron chi connectivity index (χ2n) is 5.28. The van der Waals surface area contributed by atoms with Gasteiger partial charge in [-0.2, -0.15) is 0 Å². The number of hydrogen-bond donors (Lipinski definition) is 0. The third-order valence-corrected chi connectivity index (χ3v) is 5.58. The molecule has 1 aliphatic rings. The molecular weight excluding hydrogens is 316 g/mol. The lowest BCUT2D eigenvalue weighted by Crippen LogP contribution is -2.29. The van der Waals surface area contributed by atoms with Crippen molar-refractivity contribution >= 4 is 29.0 Å². The Morgan fingerprint density at radius 2 is 2.05 bits per heavy atom. The minimum Gasteiger partial charge on any atom is -0.342 e. The Morgan fingerprint density at radius 1 is 1.27 bits per heavy atom. The first-order valence-electron chi connectivity index (χ1n) is 7.32. The molecule has 3 rings (SSSR count). The van der Waals surface area contributed by atoms with Crippen LogP contribution in [0.4, 0.5) is 0 Å². The molecule has 0 N–H and O–H groups in total. The van der Waals surface area contributed by atoms with Gasteiger partial charge in [-0.1, -0.05) is 11.8 Å². The van der Waals surface area contributed by atoms with Crippen LogP contribution in [0.5, 0.6) is 0 Å². The van der Waals surface area contributed by atoms with Crippen molar-refractivity contribution in [1.82, 2.24) is 20.1 Å². The van der Waals surface area contributed by atoms with Gasteiger partial charge in [0.15, 0.2) is 0 Å². The third-order valence-electron chi connectivity index (χ3n) is 3.58.